The minimum atomic E-state index is -5.09. The van der Waals surface area contributed by atoms with Crippen LogP contribution in [0.3, 0.4) is 0 Å². The number of hydrogen-bond donors (Lipinski definition) is 4. The molecule has 0 saturated heterocycles. The SMILES string of the molecule is O=P(O)(O)C(n1nnc2ccccc21)P(=O)(O)O. The van der Waals surface area contributed by atoms with Crippen LogP contribution in [0, 0.1) is 0 Å². The van der Waals surface area contributed by atoms with Crippen LogP contribution in [0.4, 0.5) is 0 Å². The van der Waals surface area contributed by atoms with Gasteiger partial charge in [0.25, 0.3) is 5.52 Å². The van der Waals surface area contributed by atoms with E-state index in [4.69, 9.17) is 19.6 Å². The summed E-state index contributed by atoms with van der Waals surface area (Å²) in [5.41, 5.74) is -1.95. The van der Waals surface area contributed by atoms with Crippen LogP contribution >= 0.6 is 15.2 Å². The summed E-state index contributed by atoms with van der Waals surface area (Å²) in [5, 5.41) is 7.00. The Balaban J connectivity index is 2.71. The molecule has 0 fully saturated rings. The third-order valence-electron chi connectivity index (χ3n) is 2.20. The fraction of sp³-hybridized carbons (Fsp3) is 0.143. The minimum Gasteiger partial charge on any atom is -0.322 e. The molecule has 0 aliphatic heterocycles. The lowest BCUT2D eigenvalue weighted by molar-refractivity contribution is 0.318. The van der Waals surface area contributed by atoms with E-state index in [1.54, 1.807) is 12.1 Å². The normalized spacial score (nSPS) is 13.4. The smallest absolute Gasteiger partial charge is 0.322 e. The van der Waals surface area contributed by atoms with E-state index >= 15 is 0 Å². The molecule has 0 saturated carbocycles. The van der Waals surface area contributed by atoms with Crippen molar-refractivity contribution in [3.8, 4) is 0 Å². The third-order valence-corrected chi connectivity index (χ3v) is 5.64. The molecule has 2 rings (SSSR count). The number of rotatable bonds is 3. The van der Waals surface area contributed by atoms with Gasteiger partial charge < -0.3 is 19.6 Å². The average molecular weight is 293 g/mol. The van der Waals surface area contributed by atoms with Crippen molar-refractivity contribution in [2.24, 2.45) is 0 Å². The number of benzene rings is 1. The van der Waals surface area contributed by atoms with Gasteiger partial charge in [0.1, 0.15) is 5.52 Å². The van der Waals surface area contributed by atoms with Crippen molar-refractivity contribution in [3.63, 3.8) is 0 Å². The first-order valence-electron chi connectivity index (χ1n) is 4.61. The molecule has 0 unspecified atom stereocenters. The predicted molar refractivity (Wildman–Crippen MR) is 60.7 cm³/mol. The molecule has 0 bridgehead atoms. The summed E-state index contributed by atoms with van der Waals surface area (Å²) < 4.78 is 23.0. The van der Waals surface area contributed by atoms with Crippen molar-refractivity contribution >= 4 is 26.2 Å². The van der Waals surface area contributed by atoms with E-state index in [1.165, 1.54) is 12.1 Å². The third kappa shape index (κ3) is 2.37. The van der Waals surface area contributed by atoms with Gasteiger partial charge in [-0.15, -0.1) is 5.10 Å². The first kappa shape index (κ1) is 13.4. The van der Waals surface area contributed by atoms with E-state index in [0.717, 1.165) is 0 Å². The van der Waals surface area contributed by atoms with Crippen molar-refractivity contribution in [1.82, 2.24) is 15.0 Å². The summed E-state index contributed by atoms with van der Waals surface area (Å²) in [6, 6.07) is 6.08. The van der Waals surface area contributed by atoms with Crippen LogP contribution in [0.1, 0.15) is 5.52 Å². The van der Waals surface area contributed by atoms with Gasteiger partial charge in [-0.3, -0.25) is 9.13 Å². The Morgan fingerprint density at radius 1 is 1.06 bits per heavy atom. The zero-order valence-corrected chi connectivity index (χ0v) is 10.5. The molecule has 0 aliphatic carbocycles. The summed E-state index contributed by atoms with van der Waals surface area (Å²) in [4.78, 5) is 36.3. The molecule has 0 radical (unpaired) electrons. The molecule has 1 aromatic carbocycles. The molecule has 0 spiro atoms. The van der Waals surface area contributed by atoms with Gasteiger partial charge in [-0.2, -0.15) is 0 Å². The summed E-state index contributed by atoms with van der Waals surface area (Å²) in [6.07, 6.45) is 0. The van der Waals surface area contributed by atoms with Crippen LogP contribution in [0.25, 0.3) is 11.0 Å². The van der Waals surface area contributed by atoms with E-state index in [0.29, 0.717) is 4.68 Å². The van der Waals surface area contributed by atoms with Crippen LogP contribution in [-0.2, 0) is 9.13 Å². The summed E-state index contributed by atoms with van der Waals surface area (Å²) in [5.74, 6) is 0. The van der Waals surface area contributed by atoms with Gasteiger partial charge in [-0.25, -0.2) is 4.68 Å². The lowest BCUT2D eigenvalue weighted by Crippen LogP contribution is -2.11. The number of fused-ring (bicyclic) bond motifs is 1. The lowest BCUT2D eigenvalue weighted by atomic mass is 10.3. The van der Waals surface area contributed by atoms with Crippen LogP contribution < -0.4 is 0 Å². The average Bonchev–Trinajstić information content (AvgIpc) is 2.58. The van der Waals surface area contributed by atoms with Gasteiger partial charge in [0, 0.05) is 0 Å². The van der Waals surface area contributed by atoms with Gasteiger partial charge in [0.15, 0.2) is 0 Å². The summed E-state index contributed by atoms with van der Waals surface area (Å²) >= 11 is 0. The maximum atomic E-state index is 11.2. The van der Waals surface area contributed by atoms with Gasteiger partial charge in [-0.05, 0) is 12.1 Å². The van der Waals surface area contributed by atoms with Gasteiger partial charge in [0.2, 0.25) is 0 Å². The summed E-state index contributed by atoms with van der Waals surface area (Å²) in [6.45, 7) is 0. The zero-order valence-electron chi connectivity index (χ0n) is 8.73. The van der Waals surface area contributed by atoms with Crippen LogP contribution in [0.5, 0.6) is 0 Å². The molecule has 98 valence electrons. The number of para-hydroxylation sites is 1. The number of nitrogens with zero attached hydrogens (tertiary/aromatic N) is 3. The second-order valence-corrected chi connectivity index (χ2v) is 7.29. The van der Waals surface area contributed by atoms with Gasteiger partial charge in [-0.1, -0.05) is 17.3 Å². The Hall–Kier alpha value is -1.08. The second kappa shape index (κ2) is 4.24. The molecule has 1 heterocycles. The van der Waals surface area contributed by atoms with E-state index in [-0.39, 0.29) is 11.0 Å². The molecular weight excluding hydrogens is 284 g/mol. The molecule has 0 atom stereocenters. The molecule has 0 aliphatic rings. The standard InChI is InChI=1S/C7H9N3O6P2/c11-17(12,13)7(18(14,15)16)10-6-4-2-1-3-5(6)8-9-10/h1-4,7H,(H2,11,12,13)(H2,14,15,16). The van der Waals surface area contributed by atoms with E-state index < -0.39 is 20.7 Å². The number of aromatic nitrogens is 3. The van der Waals surface area contributed by atoms with Crippen LogP contribution in [0.2, 0.25) is 0 Å². The maximum absolute atomic E-state index is 11.2. The van der Waals surface area contributed by atoms with Crippen LogP contribution in [-0.4, -0.2) is 34.6 Å². The van der Waals surface area contributed by atoms with Crippen molar-refractivity contribution in [3.05, 3.63) is 24.3 Å². The first-order valence-corrected chi connectivity index (χ1v) is 7.98. The Morgan fingerprint density at radius 3 is 2.17 bits per heavy atom. The minimum absolute atomic E-state index is 0.133. The highest BCUT2D eigenvalue weighted by molar-refractivity contribution is 7.69. The number of hydrogen-bond acceptors (Lipinski definition) is 4. The molecule has 1 aromatic heterocycles. The molecule has 11 heteroatoms. The molecule has 4 N–H and O–H groups in total. The van der Waals surface area contributed by atoms with Crippen molar-refractivity contribution < 1.29 is 28.7 Å². The highest BCUT2D eigenvalue weighted by atomic mass is 31.2. The Kier molecular flexibility index (Phi) is 3.14. The second-order valence-electron chi connectivity index (χ2n) is 3.55. The predicted octanol–water partition coefficient (Wildman–Crippen LogP) is 0.243. The first-order chi connectivity index (χ1) is 8.21. The van der Waals surface area contributed by atoms with E-state index in [1.807, 2.05) is 0 Å². The molecular formula is C7H9N3O6P2. The lowest BCUT2D eigenvalue weighted by Gasteiger charge is -2.19. The van der Waals surface area contributed by atoms with Gasteiger partial charge in [0.05, 0.1) is 5.52 Å². The molecule has 9 nitrogen and oxygen atoms in total. The Labute approximate surface area is 100 Å². The monoisotopic (exact) mass is 293 g/mol. The van der Waals surface area contributed by atoms with E-state index in [2.05, 4.69) is 10.3 Å². The topological polar surface area (TPSA) is 146 Å². The maximum Gasteiger partial charge on any atom is 0.362 e. The van der Waals surface area contributed by atoms with E-state index in [9.17, 15) is 9.13 Å². The Morgan fingerprint density at radius 2 is 1.61 bits per heavy atom. The van der Waals surface area contributed by atoms with Crippen LogP contribution in [0.15, 0.2) is 24.3 Å². The molecule has 18 heavy (non-hydrogen) atoms. The summed E-state index contributed by atoms with van der Waals surface area (Å²) in [7, 11) is -10.2. The molecule has 0 amide bonds. The quantitative estimate of drug-likeness (QED) is 0.589. The van der Waals surface area contributed by atoms with Crippen molar-refractivity contribution in [2.75, 3.05) is 0 Å². The zero-order chi connectivity index (χ0) is 13.6. The highest BCUT2D eigenvalue weighted by Gasteiger charge is 2.46. The van der Waals surface area contributed by atoms with Gasteiger partial charge >= 0.3 is 15.2 Å². The fourth-order valence-corrected chi connectivity index (χ4v) is 4.02. The highest BCUT2D eigenvalue weighted by Crippen LogP contribution is 2.67. The molecule has 2 aromatic rings. The van der Waals surface area contributed by atoms with Crippen molar-refractivity contribution in [2.45, 2.75) is 5.52 Å². The fourth-order valence-electron chi connectivity index (χ4n) is 1.54. The van der Waals surface area contributed by atoms with Crippen molar-refractivity contribution in [1.29, 1.82) is 0 Å². The Bertz CT molecular complexity index is 651. The largest absolute Gasteiger partial charge is 0.362 e.